The molecule has 0 amide bonds. The molecule has 2 atom stereocenters. The standard InChI is InChI=1S/C21H25N3O5/c1-3-7-24-20(27)15-11-16(12-8-17(25)18(26)9-12)22-19(15)23-21(24)29-14-6-4-5-13(10-14)28-2/h4-6,10,12,17-18,25-26H,3,7-9,11H2,1-2H3. The van der Waals surface area contributed by atoms with Gasteiger partial charge in [-0.05, 0) is 31.4 Å². The number of aromatic nitrogens is 2. The molecule has 2 aliphatic rings. The first-order chi connectivity index (χ1) is 14.0. The third kappa shape index (κ3) is 3.77. The van der Waals surface area contributed by atoms with Gasteiger partial charge in [-0.1, -0.05) is 13.0 Å². The summed E-state index contributed by atoms with van der Waals surface area (Å²) in [4.78, 5) is 22.2. The molecule has 1 aromatic carbocycles. The lowest BCUT2D eigenvalue weighted by atomic mass is 9.98. The number of hydrogen-bond acceptors (Lipinski definition) is 7. The lowest BCUT2D eigenvalue weighted by Crippen LogP contribution is -2.26. The molecule has 0 spiro atoms. The average molecular weight is 399 g/mol. The van der Waals surface area contributed by atoms with Crippen molar-refractivity contribution in [2.24, 2.45) is 10.9 Å². The van der Waals surface area contributed by atoms with Crippen molar-refractivity contribution in [1.82, 2.24) is 9.55 Å². The molecule has 0 radical (unpaired) electrons. The van der Waals surface area contributed by atoms with E-state index in [1.54, 1.807) is 25.3 Å². The van der Waals surface area contributed by atoms with Gasteiger partial charge in [0, 0.05) is 30.7 Å². The predicted molar refractivity (Wildman–Crippen MR) is 107 cm³/mol. The molecule has 1 fully saturated rings. The molecule has 1 aliphatic heterocycles. The lowest BCUT2D eigenvalue weighted by molar-refractivity contribution is 0.0438. The van der Waals surface area contributed by atoms with Gasteiger partial charge in [-0.3, -0.25) is 9.36 Å². The van der Waals surface area contributed by atoms with E-state index in [1.165, 1.54) is 4.57 Å². The Morgan fingerprint density at radius 1 is 1.21 bits per heavy atom. The van der Waals surface area contributed by atoms with Crippen molar-refractivity contribution in [1.29, 1.82) is 0 Å². The number of aliphatic imine (C=N–C) groups is 1. The zero-order valence-corrected chi connectivity index (χ0v) is 16.5. The predicted octanol–water partition coefficient (Wildman–Crippen LogP) is 2.21. The van der Waals surface area contributed by atoms with Crippen LogP contribution in [0.25, 0.3) is 0 Å². The summed E-state index contributed by atoms with van der Waals surface area (Å²) in [5.41, 5.74) is 1.18. The number of methoxy groups -OCH3 is 1. The molecule has 1 aliphatic carbocycles. The van der Waals surface area contributed by atoms with E-state index in [2.05, 4.69) is 9.98 Å². The van der Waals surface area contributed by atoms with Crippen molar-refractivity contribution >= 4 is 11.5 Å². The van der Waals surface area contributed by atoms with Gasteiger partial charge < -0.3 is 19.7 Å². The molecule has 4 rings (SSSR count). The Labute approximate surface area is 168 Å². The highest BCUT2D eigenvalue weighted by Gasteiger charge is 2.37. The van der Waals surface area contributed by atoms with E-state index in [-0.39, 0.29) is 17.5 Å². The second-order valence-corrected chi connectivity index (χ2v) is 7.52. The van der Waals surface area contributed by atoms with Crippen LogP contribution in [0.4, 0.5) is 5.82 Å². The quantitative estimate of drug-likeness (QED) is 0.771. The molecule has 1 aromatic heterocycles. The first kappa shape index (κ1) is 19.6. The fourth-order valence-electron chi connectivity index (χ4n) is 3.94. The number of fused-ring (bicyclic) bond motifs is 1. The number of aliphatic hydroxyl groups is 2. The van der Waals surface area contributed by atoms with Gasteiger partial charge in [0.05, 0.1) is 24.9 Å². The highest BCUT2D eigenvalue weighted by Crippen LogP contribution is 2.34. The van der Waals surface area contributed by atoms with Crippen LogP contribution < -0.4 is 15.0 Å². The monoisotopic (exact) mass is 399 g/mol. The van der Waals surface area contributed by atoms with Gasteiger partial charge in [0.25, 0.3) is 5.56 Å². The Hall–Kier alpha value is -2.71. The van der Waals surface area contributed by atoms with Crippen molar-refractivity contribution in [2.75, 3.05) is 7.11 Å². The number of rotatable bonds is 6. The highest BCUT2D eigenvalue weighted by molar-refractivity contribution is 5.95. The largest absolute Gasteiger partial charge is 0.497 e. The molecule has 154 valence electrons. The number of hydrogen-bond donors (Lipinski definition) is 2. The molecule has 1 saturated carbocycles. The van der Waals surface area contributed by atoms with Crippen LogP contribution in [0.1, 0.15) is 31.7 Å². The minimum atomic E-state index is -0.747. The number of ether oxygens (including phenoxy) is 2. The van der Waals surface area contributed by atoms with Crippen LogP contribution in [0.2, 0.25) is 0 Å². The second kappa shape index (κ2) is 7.96. The summed E-state index contributed by atoms with van der Waals surface area (Å²) in [5.74, 6) is 1.49. The minimum absolute atomic E-state index is 0.0454. The normalized spacial score (nSPS) is 23.0. The summed E-state index contributed by atoms with van der Waals surface area (Å²) < 4.78 is 12.7. The van der Waals surface area contributed by atoms with Crippen LogP contribution >= 0.6 is 0 Å². The fourth-order valence-corrected chi connectivity index (χ4v) is 3.94. The van der Waals surface area contributed by atoms with Gasteiger partial charge in [0.15, 0.2) is 5.82 Å². The molecule has 2 heterocycles. The Kier molecular flexibility index (Phi) is 5.38. The number of aliphatic hydroxyl groups excluding tert-OH is 2. The van der Waals surface area contributed by atoms with Gasteiger partial charge in [0.2, 0.25) is 0 Å². The van der Waals surface area contributed by atoms with Crippen LogP contribution in [0.5, 0.6) is 17.5 Å². The number of nitrogens with zero attached hydrogens (tertiary/aromatic N) is 3. The van der Waals surface area contributed by atoms with E-state index < -0.39 is 12.2 Å². The van der Waals surface area contributed by atoms with Gasteiger partial charge in [0.1, 0.15) is 11.5 Å². The van der Waals surface area contributed by atoms with Crippen LogP contribution in [0.3, 0.4) is 0 Å². The summed E-state index contributed by atoms with van der Waals surface area (Å²) in [6.07, 6.45) is 0.554. The average Bonchev–Trinajstić information content (AvgIpc) is 3.28. The number of benzene rings is 1. The molecule has 8 nitrogen and oxygen atoms in total. The molecule has 29 heavy (non-hydrogen) atoms. The van der Waals surface area contributed by atoms with E-state index in [0.717, 1.165) is 12.1 Å². The second-order valence-electron chi connectivity index (χ2n) is 7.52. The Morgan fingerprint density at radius 3 is 2.62 bits per heavy atom. The van der Waals surface area contributed by atoms with E-state index in [1.807, 2.05) is 13.0 Å². The minimum Gasteiger partial charge on any atom is -0.497 e. The van der Waals surface area contributed by atoms with Crippen molar-refractivity contribution in [3.8, 4) is 17.5 Å². The molecule has 0 bridgehead atoms. The van der Waals surface area contributed by atoms with Gasteiger partial charge >= 0.3 is 6.01 Å². The van der Waals surface area contributed by atoms with Crippen molar-refractivity contribution in [3.05, 3.63) is 40.2 Å². The summed E-state index contributed by atoms with van der Waals surface area (Å²) in [7, 11) is 1.58. The SMILES string of the molecule is CCCn1c(Oc2cccc(OC)c2)nc2c(c1=O)CC(C1CC(O)C(O)C1)=N2. The fraction of sp³-hybridized carbons (Fsp3) is 0.476. The molecule has 2 aromatic rings. The van der Waals surface area contributed by atoms with Crippen LogP contribution in [0, 0.1) is 5.92 Å². The first-order valence-corrected chi connectivity index (χ1v) is 9.89. The van der Waals surface area contributed by atoms with Gasteiger partial charge in [-0.15, -0.1) is 0 Å². The van der Waals surface area contributed by atoms with Gasteiger partial charge in [-0.25, -0.2) is 4.99 Å². The summed E-state index contributed by atoms with van der Waals surface area (Å²) in [6, 6.07) is 7.31. The Balaban J connectivity index is 1.68. The highest BCUT2D eigenvalue weighted by atomic mass is 16.5. The zero-order valence-electron chi connectivity index (χ0n) is 16.5. The summed E-state index contributed by atoms with van der Waals surface area (Å²) >= 11 is 0. The third-order valence-electron chi connectivity index (χ3n) is 5.48. The van der Waals surface area contributed by atoms with Gasteiger partial charge in [-0.2, -0.15) is 4.98 Å². The maximum atomic E-state index is 13.1. The Morgan fingerprint density at radius 2 is 1.93 bits per heavy atom. The third-order valence-corrected chi connectivity index (χ3v) is 5.48. The molecule has 8 heteroatoms. The lowest BCUT2D eigenvalue weighted by Gasteiger charge is -2.13. The molecular formula is C21H25N3O5. The molecular weight excluding hydrogens is 374 g/mol. The van der Waals surface area contributed by atoms with Crippen molar-refractivity contribution in [2.45, 2.75) is 51.4 Å². The Bertz CT molecular complexity index is 990. The van der Waals surface area contributed by atoms with Crippen molar-refractivity contribution in [3.63, 3.8) is 0 Å². The molecule has 2 unspecified atom stereocenters. The van der Waals surface area contributed by atoms with Crippen molar-refractivity contribution < 1.29 is 19.7 Å². The maximum absolute atomic E-state index is 13.1. The summed E-state index contributed by atoms with van der Waals surface area (Å²) in [5, 5.41) is 19.7. The van der Waals surface area contributed by atoms with E-state index in [9.17, 15) is 15.0 Å². The van der Waals surface area contributed by atoms with E-state index >= 15 is 0 Å². The molecule has 0 saturated heterocycles. The van der Waals surface area contributed by atoms with Crippen LogP contribution in [-0.2, 0) is 13.0 Å². The smallest absolute Gasteiger partial charge is 0.306 e. The van der Waals surface area contributed by atoms with E-state index in [0.29, 0.717) is 48.7 Å². The molecule has 2 N–H and O–H groups in total. The topological polar surface area (TPSA) is 106 Å². The van der Waals surface area contributed by atoms with E-state index in [4.69, 9.17) is 9.47 Å². The summed E-state index contributed by atoms with van der Waals surface area (Å²) in [6.45, 7) is 2.47. The maximum Gasteiger partial charge on any atom is 0.306 e. The first-order valence-electron chi connectivity index (χ1n) is 9.89. The van der Waals surface area contributed by atoms with Crippen LogP contribution in [-0.4, -0.2) is 44.8 Å². The van der Waals surface area contributed by atoms with Crippen LogP contribution in [0.15, 0.2) is 34.1 Å². The zero-order chi connectivity index (χ0) is 20.5.